The molecule has 3 rings (SSSR count). The first-order valence-corrected chi connectivity index (χ1v) is 11.0. The van der Waals surface area contributed by atoms with E-state index in [0.717, 1.165) is 44.9 Å². The summed E-state index contributed by atoms with van der Waals surface area (Å²) < 4.78 is 0. The van der Waals surface area contributed by atoms with Gasteiger partial charge in [0, 0.05) is 43.7 Å². The number of aliphatic imine (C=N–C) groups is 1. The Labute approximate surface area is 187 Å². The van der Waals surface area contributed by atoms with Gasteiger partial charge in [-0.1, -0.05) is 13.8 Å². The van der Waals surface area contributed by atoms with Crippen molar-refractivity contribution < 1.29 is 0 Å². The summed E-state index contributed by atoms with van der Waals surface area (Å²) in [4.78, 5) is 12.6. The molecular weight excluding hydrogens is 489 g/mol. The van der Waals surface area contributed by atoms with Crippen LogP contribution in [0.2, 0.25) is 0 Å². The van der Waals surface area contributed by atoms with E-state index in [1.807, 2.05) is 24.6 Å². The minimum Gasteiger partial charge on any atom is -0.363 e. The molecular formula is C19H30IN5S2. The van der Waals surface area contributed by atoms with E-state index in [1.165, 1.54) is 14.9 Å². The Morgan fingerprint density at radius 2 is 2.15 bits per heavy atom. The van der Waals surface area contributed by atoms with Gasteiger partial charge in [0.1, 0.15) is 0 Å². The van der Waals surface area contributed by atoms with E-state index in [2.05, 4.69) is 56.9 Å². The molecule has 0 atom stereocenters. The SMILES string of the molecule is CN=C(NCc1cnc(CC(C)C)s1)NC1CCN(c2cccs2)CC1.I. The highest BCUT2D eigenvalue weighted by Crippen LogP contribution is 2.24. The zero-order valence-electron chi connectivity index (χ0n) is 16.3. The Hall–Kier alpha value is -0.870. The monoisotopic (exact) mass is 519 g/mol. The number of thiophene rings is 1. The molecule has 0 bridgehead atoms. The third-order valence-electron chi connectivity index (χ3n) is 4.49. The van der Waals surface area contributed by atoms with Crippen molar-refractivity contribution in [2.75, 3.05) is 25.0 Å². The second-order valence-corrected chi connectivity index (χ2v) is 9.23. The normalized spacial score (nSPS) is 15.7. The maximum Gasteiger partial charge on any atom is 0.191 e. The van der Waals surface area contributed by atoms with Crippen LogP contribution in [0.4, 0.5) is 5.00 Å². The molecule has 2 N–H and O–H groups in total. The highest BCUT2D eigenvalue weighted by atomic mass is 127. The number of aromatic nitrogens is 1. The van der Waals surface area contributed by atoms with Crippen LogP contribution in [0, 0.1) is 5.92 Å². The summed E-state index contributed by atoms with van der Waals surface area (Å²) in [6.07, 6.45) is 5.32. The van der Waals surface area contributed by atoms with Crippen LogP contribution >= 0.6 is 46.7 Å². The van der Waals surface area contributed by atoms with E-state index in [-0.39, 0.29) is 24.0 Å². The third kappa shape index (κ3) is 6.90. The van der Waals surface area contributed by atoms with Gasteiger partial charge in [-0.15, -0.1) is 46.7 Å². The summed E-state index contributed by atoms with van der Waals surface area (Å²) in [7, 11) is 1.84. The Morgan fingerprint density at radius 1 is 1.37 bits per heavy atom. The highest BCUT2D eigenvalue weighted by molar-refractivity contribution is 14.0. The molecule has 1 aliphatic rings. The molecule has 0 unspecified atom stereocenters. The molecule has 150 valence electrons. The van der Waals surface area contributed by atoms with Crippen LogP contribution in [0.1, 0.15) is 36.6 Å². The number of halogens is 1. The van der Waals surface area contributed by atoms with Crippen molar-refractivity contribution in [1.82, 2.24) is 15.6 Å². The van der Waals surface area contributed by atoms with Gasteiger partial charge < -0.3 is 15.5 Å². The maximum atomic E-state index is 4.52. The number of nitrogens with one attached hydrogen (secondary N) is 2. The summed E-state index contributed by atoms with van der Waals surface area (Å²) in [5.74, 6) is 1.54. The van der Waals surface area contributed by atoms with Crippen molar-refractivity contribution in [2.24, 2.45) is 10.9 Å². The van der Waals surface area contributed by atoms with E-state index in [0.29, 0.717) is 12.0 Å². The summed E-state index contributed by atoms with van der Waals surface area (Å²) in [6, 6.07) is 4.82. The van der Waals surface area contributed by atoms with E-state index >= 15 is 0 Å². The number of guanidine groups is 1. The lowest BCUT2D eigenvalue weighted by Gasteiger charge is -2.33. The summed E-state index contributed by atoms with van der Waals surface area (Å²) in [5.41, 5.74) is 0. The Morgan fingerprint density at radius 3 is 2.78 bits per heavy atom. The number of anilines is 1. The molecule has 2 aromatic heterocycles. The fourth-order valence-corrected chi connectivity index (χ4v) is 4.99. The van der Waals surface area contributed by atoms with Gasteiger partial charge >= 0.3 is 0 Å². The van der Waals surface area contributed by atoms with Crippen LogP contribution in [0.3, 0.4) is 0 Å². The van der Waals surface area contributed by atoms with Gasteiger partial charge in [-0.3, -0.25) is 4.99 Å². The highest BCUT2D eigenvalue weighted by Gasteiger charge is 2.20. The number of piperidine rings is 1. The summed E-state index contributed by atoms with van der Waals surface area (Å²) >= 11 is 3.62. The van der Waals surface area contributed by atoms with Gasteiger partial charge in [-0.2, -0.15) is 0 Å². The second-order valence-electron chi connectivity index (χ2n) is 7.10. The van der Waals surface area contributed by atoms with Crippen LogP contribution in [0.15, 0.2) is 28.7 Å². The molecule has 0 spiro atoms. The van der Waals surface area contributed by atoms with Gasteiger partial charge in [0.15, 0.2) is 5.96 Å². The molecule has 1 saturated heterocycles. The lowest BCUT2D eigenvalue weighted by atomic mass is 10.1. The van der Waals surface area contributed by atoms with Crippen LogP contribution < -0.4 is 15.5 Å². The van der Waals surface area contributed by atoms with Crippen LogP contribution in [0.5, 0.6) is 0 Å². The standard InChI is InChI=1S/C19H29N5S2.HI/c1-14(2)11-17-21-12-16(26-17)13-22-19(20-3)23-15-6-8-24(9-7-15)18-5-4-10-25-18;/h4-5,10,12,14-15H,6-9,11,13H2,1-3H3,(H2,20,22,23);1H. The fraction of sp³-hybridized carbons (Fsp3) is 0.579. The van der Waals surface area contributed by atoms with Crippen molar-refractivity contribution >= 4 is 57.6 Å². The molecule has 8 heteroatoms. The van der Waals surface area contributed by atoms with Crippen molar-refractivity contribution in [2.45, 2.75) is 45.7 Å². The van der Waals surface area contributed by atoms with Gasteiger partial charge in [-0.05, 0) is 36.3 Å². The first-order chi connectivity index (χ1) is 12.6. The molecule has 0 aliphatic carbocycles. The van der Waals surface area contributed by atoms with Crippen LogP contribution in [0.25, 0.3) is 0 Å². The molecule has 0 aromatic carbocycles. The van der Waals surface area contributed by atoms with Crippen molar-refractivity contribution in [3.05, 3.63) is 33.6 Å². The Kier molecular flexibility index (Phi) is 9.31. The number of thiazole rings is 1. The summed E-state index contributed by atoms with van der Waals surface area (Å²) in [6.45, 7) is 7.44. The van der Waals surface area contributed by atoms with Gasteiger partial charge in [-0.25, -0.2) is 4.98 Å². The molecule has 27 heavy (non-hydrogen) atoms. The third-order valence-corrected chi connectivity index (χ3v) is 6.44. The molecule has 2 aromatic rings. The van der Waals surface area contributed by atoms with Crippen molar-refractivity contribution in [3.8, 4) is 0 Å². The predicted molar refractivity (Wildman–Crippen MR) is 129 cm³/mol. The molecule has 3 heterocycles. The quantitative estimate of drug-likeness (QED) is 0.339. The number of hydrogen-bond acceptors (Lipinski definition) is 5. The maximum absolute atomic E-state index is 4.52. The minimum atomic E-state index is 0. The van der Waals surface area contributed by atoms with Gasteiger partial charge in [0.2, 0.25) is 0 Å². The number of hydrogen-bond donors (Lipinski definition) is 2. The van der Waals surface area contributed by atoms with Crippen molar-refractivity contribution in [1.29, 1.82) is 0 Å². The van der Waals surface area contributed by atoms with E-state index < -0.39 is 0 Å². The van der Waals surface area contributed by atoms with Gasteiger partial charge in [0.25, 0.3) is 0 Å². The van der Waals surface area contributed by atoms with Crippen molar-refractivity contribution in [3.63, 3.8) is 0 Å². The predicted octanol–water partition coefficient (Wildman–Crippen LogP) is 4.36. The van der Waals surface area contributed by atoms with Crippen LogP contribution in [-0.4, -0.2) is 37.1 Å². The second kappa shape index (κ2) is 11.2. The number of nitrogens with zero attached hydrogens (tertiary/aromatic N) is 3. The Bertz CT molecular complexity index is 691. The molecule has 0 radical (unpaired) electrons. The zero-order chi connectivity index (χ0) is 18.4. The largest absolute Gasteiger partial charge is 0.363 e. The topological polar surface area (TPSA) is 52.6 Å². The zero-order valence-corrected chi connectivity index (χ0v) is 20.2. The number of rotatable bonds is 6. The smallest absolute Gasteiger partial charge is 0.191 e. The first-order valence-electron chi connectivity index (χ1n) is 9.33. The summed E-state index contributed by atoms with van der Waals surface area (Å²) in [5, 5.41) is 11.8. The average Bonchev–Trinajstić information content (AvgIpc) is 3.31. The molecule has 0 saturated carbocycles. The first kappa shape index (κ1) is 22.4. The fourth-order valence-electron chi connectivity index (χ4n) is 3.13. The van der Waals surface area contributed by atoms with E-state index in [4.69, 9.17) is 0 Å². The lowest BCUT2D eigenvalue weighted by Crippen LogP contribution is -2.48. The molecule has 5 nitrogen and oxygen atoms in total. The Balaban J connectivity index is 0.00000261. The van der Waals surface area contributed by atoms with Crippen LogP contribution in [-0.2, 0) is 13.0 Å². The minimum absolute atomic E-state index is 0. The lowest BCUT2D eigenvalue weighted by molar-refractivity contribution is 0.463. The van der Waals surface area contributed by atoms with E-state index in [1.54, 1.807) is 11.3 Å². The van der Waals surface area contributed by atoms with Gasteiger partial charge in [0.05, 0.1) is 16.6 Å². The molecule has 0 amide bonds. The van der Waals surface area contributed by atoms with E-state index in [9.17, 15) is 0 Å². The average molecular weight is 520 g/mol. The molecule has 1 aliphatic heterocycles. The molecule has 1 fully saturated rings.